The lowest BCUT2D eigenvalue weighted by molar-refractivity contribution is 0.194. The molecular weight excluding hydrogens is 280 g/mol. The van der Waals surface area contributed by atoms with Crippen molar-refractivity contribution in [1.82, 2.24) is 20.2 Å². The van der Waals surface area contributed by atoms with E-state index in [0.29, 0.717) is 19.6 Å². The van der Waals surface area contributed by atoms with E-state index in [1.54, 1.807) is 24.4 Å². The highest BCUT2D eigenvalue weighted by atomic mass is 16.5. The van der Waals surface area contributed by atoms with Crippen LogP contribution in [0.15, 0.2) is 36.7 Å². The van der Waals surface area contributed by atoms with Crippen molar-refractivity contribution in [2.45, 2.75) is 26.4 Å². The number of methoxy groups -OCH3 is 1. The molecular formula is C16H22N4O2. The van der Waals surface area contributed by atoms with Gasteiger partial charge in [0.25, 0.3) is 0 Å². The van der Waals surface area contributed by atoms with Crippen LogP contribution >= 0.6 is 0 Å². The van der Waals surface area contributed by atoms with Gasteiger partial charge in [-0.2, -0.15) is 0 Å². The van der Waals surface area contributed by atoms with Crippen molar-refractivity contribution in [3.8, 4) is 5.75 Å². The molecule has 2 rings (SSSR count). The maximum absolute atomic E-state index is 12.3. The monoisotopic (exact) mass is 302 g/mol. The number of imidazole rings is 1. The van der Waals surface area contributed by atoms with E-state index in [0.717, 1.165) is 23.6 Å². The fourth-order valence-electron chi connectivity index (χ4n) is 2.18. The summed E-state index contributed by atoms with van der Waals surface area (Å²) < 4.78 is 5.22. The first-order chi connectivity index (χ1) is 10.7. The minimum Gasteiger partial charge on any atom is -0.497 e. The second-order valence-electron chi connectivity index (χ2n) is 4.97. The third kappa shape index (κ3) is 4.51. The number of aromatic nitrogens is 2. The number of urea groups is 1. The maximum atomic E-state index is 12.3. The summed E-state index contributed by atoms with van der Waals surface area (Å²) in [6.07, 6.45) is 4.31. The van der Waals surface area contributed by atoms with Crippen LogP contribution in [0.25, 0.3) is 0 Å². The van der Waals surface area contributed by atoms with E-state index in [9.17, 15) is 4.79 Å². The fourth-order valence-corrected chi connectivity index (χ4v) is 2.18. The molecule has 2 N–H and O–H groups in total. The molecule has 1 aromatic heterocycles. The zero-order valence-electron chi connectivity index (χ0n) is 13.0. The Morgan fingerprint density at radius 3 is 3.00 bits per heavy atom. The lowest BCUT2D eigenvalue weighted by Gasteiger charge is -2.22. The van der Waals surface area contributed by atoms with Crippen molar-refractivity contribution in [2.24, 2.45) is 0 Å². The molecule has 1 heterocycles. The van der Waals surface area contributed by atoms with E-state index >= 15 is 0 Å². The number of aromatic amines is 1. The van der Waals surface area contributed by atoms with Gasteiger partial charge < -0.3 is 19.9 Å². The largest absolute Gasteiger partial charge is 0.497 e. The summed E-state index contributed by atoms with van der Waals surface area (Å²) in [5.74, 6) is 1.54. The van der Waals surface area contributed by atoms with Gasteiger partial charge in [0, 0.05) is 25.5 Å². The second-order valence-corrected chi connectivity index (χ2v) is 4.97. The fraction of sp³-hybridized carbons (Fsp3) is 0.375. The van der Waals surface area contributed by atoms with Crippen LogP contribution in [0, 0.1) is 0 Å². The van der Waals surface area contributed by atoms with Crippen LogP contribution in [0.4, 0.5) is 4.79 Å². The first kappa shape index (κ1) is 15.9. The predicted molar refractivity (Wildman–Crippen MR) is 84.5 cm³/mol. The molecule has 0 spiro atoms. The number of hydrogen-bond donors (Lipinski definition) is 2. The highest BCUT2D eigenvalue weighted by molar-refractivity contribution is 5.74. The number of hydrogen-bond acceptors (Lipinski definition) is 3. The minimum atomic E-state index is -0.0962. The van der Waals surface area contributed by atoms with Gasteiger partial charge in [0.05, 0.1) is 13.7 Å². The summed E-state index contributed by atoms with van der Waals surface area (Å²) in [4.78, 5) is 21.2. The van der Waals surface area contributed by atoms with Gasteiger partial charge in [0.2, 0.25) is 0 Å². The van der Waals surface area contributed by atoms with Crippen LogP contribution in [-0.2, 0) is 13.1 Å². The average Bonchev–Trinajstić information content (AvgIpc) is 3.06. The molecule has 2 amide bonds. The third-order valence-corrected chi connectivity index (χ3v) is 3.25. The van der Waals surface area contributed by atoms with E-state index in [2.05, 4.69) is 22.2 Å². The van der Waals surface area contributed by atoms with Crippen LogP contribution in [-0.4, -0.2) is 34.6 Å². The van der Waals surface area contributed by atoms with Crippen molar-refractivity contribution < 1.29 is 9.53 Å². The average molecular weight is 302 g/mol. The van der Waals surface area contributed by atoms with Crippen LogP contribution < -0.4 is 10.1 Å². The van der Waals surface area contributed by atoms with E-state index < -0.39 is 0 Å². The molecule has 2 aromatic rings. The summed E-state index contributed by atoms with van der Waals surface area (Å²) in [5, 5.41) is 2.88. The van der Waals surface area contributed by atoms with Crippen LogP contribution in [0.5, 0.6) is 5.75 Å². The molecule has 1 aromatic carbocycles. The number of nitrogens with zero attached hydrogens (tertiary/aromatic N) is 2. The Bertz CT molecular complexity index is 584. The number of H-pyrrole nitrogens is 1. The van der Waals surface area contributed by atoms with E-state index in [4.69, 9.17) is 4.74 Å². The smallest absolute Gasteiger partial charge is 0.318 e. The number of carbonyl (C=O) groups is 1. The summed E-state index contributed by atoms with van der Waals surface area (Å²) >= 11 is 0. The number of rotatable bonds is 7. The molecule has 22 heavy (non-hydrogen) atoms. The topological polar surface area (TPSA) is 70.2 Å². The van der Waals surface area contributed by atoms with E-state index in [1.165, 1.54) is 0 Å². The number of ether oxygens (including phenoxy) is 1. The lowest BCUT2D eigenvalue weighted by atomic mass is 10.2. The molecule has 0 aliphatic rings. The number of benzene rings is 1. The molecule has 0 saturated heterocycles. The molecule has 6 heteroatoms. The maximum Gasteiger partial charge on any atom is 0.318 e. The van der Waals surface area contributed by atoms with E-state index in [1.807, 2.05) is 24.3 Å². The molecule has 0 atom stereocenters. The normalized spacial score (nSPS) is 10.3. The van der Waals surface area contributed by atoms with Gasteiger partial charge in [-0.05, 0) is 24.1 Å². The van der Waals surface area contributed by atoms with Gasteiger partial charge in [0.1, 0.15) is 11.6 Å². The number of amides is 2. The summed E-state index contributed by atoms with van der Waals surface area (Å²) in [6, 6.07) is 7.66. The van der Waals surface area contributed by atoms with Crippen LogP contribution in [0.3, 0.4) is 0 Å². The molecule has 0 radical (unpaired) electrons. The molecule has 0 unspecified atom stereocenters. The third-order valence-electron chi connectivity index (χ3n) is 3.25. The first-order valence-electron chi connectivity index (χ1n) is 7.37. The quantitative estimate of drug-likeness (QED) is 0.825. The highest BCUT2D eigenvalue weighted by Gasteiger charge is 2.13. The Morgan fingerprint density at radius 2 is 2.32 bits per heavy atom. The van der Waals surface area contributed by atoms with Crippen LogP contribution in [0.1, 0.15) is 24.7 Å². The van der Waals surface area contributed by atoms with Crippen LogP contribution in [0.2, 0.25) is 0 Å². The molecule has 118 valence electrons. The summed E-state index contributed by atoms with van der Waals surface area (Å²) in [6.45, 7) is 3.69. The zero-order chi connectivity index (χ0) is 15.8. The Morgan fingerprint density at radius 1 is 1.45 bits per heavy atom. The minimum absolute atomic E-state index is 0.0962. The molecule has 0 fully saturated rings. The summed E-state index contributed by atoms with van der Waals surface area (Å²) in [5.41, 5.74) is 1.04. The van der Waals surface area contributed by atoms with Crippen molar-refractivity contribution in [2.75, 3.05) is 13.7 Å². The molecule has 0 aliphatic heterocycles. The molecule has 0 aliphatic carbocycles. The molecule has 6 nitrogen and oxygen atoms in total. The lowest BCUT2D eigenvalue weighted by Crippen LogP contribution is -2.39. The Labute approximate surface area is 130 Å². The van der Waals surface area contributed by atoms with Crippen molar-refractivity contribution in [1.29, 1.82) is 0 Å². The van der Waals surface area contributed by atoms with Gasteiger partial charge in [0.15, 0.2) is 0 Å². The standard InChI is InChI=1S/C16H22N4O2/c1-3-9-20(12-13-5-4-6-14(10-13)22-2)16(21)19-11-15-17-7-8-18-15/h4-8,10H,3,9,11-12H2,1-2H3,(H,17,18)(H,19,21). The van der Waals surface area contributed by atoms with Crippen molar-refractivity contribution in [3.63, 3.8) is 0 Å². The van der Waals surface area contributed by atoms with Gasteiger partial charge in [-0.3, -0.25) is 0 Å². The Kier molecular flexibility index (Phi) is 5.82. The second kappa shape index (κ2) is 8.07. The van der Waals surface area contributed by atoms with Crippen molar-refractivity contribution >= 4 is 6.03 Å². The predicted octanol–water partition coefficient (Wildman–Crippen LogP) is 2.54. The van der Waals surface area contributed by atoms with Gasteiger partial charge in [-0.25, -0.2) is 9.78 Å². The van der Waals surface area contributed by atoms with Gasteiger partial charge >= 0.3 is 6.03 Å². The Balaban J connectivity index is 1.96. The number of carbonyl (C=O) groups excluding carboxylic acids is 1. The molecule has 0 bridgehead atoms. The molecule has 0 saturated carbocycles. The highest BCUT2D eigenvalue weighted by Crippen LogP contribution is 2.14. The first-order valence-corrected chi connectivity index (χ1v) is 7.37. The van der Waals surface area contributed by atoms with E-state index in [-0.39, 0.29) is 6.03 Å². The summed E-state index contributed by atoms with van der Waals surface area (Å²) in [7, 11) is 1.64. The zero-order valence-corrected chi connectivity index (χ0v) is 13.0. The number of nitrogens with one attached hydrogen (secondary N) is 2. The van der Waals surface area contributed by atoms with Gasteiger partial charge in [-0.1, -0.05) is 19.1 Å². The van der Waals surface area contributed by atoms with Crippen molar-refractivity contribution in [3.05, 3.63) is 48.0 Å². The van der Waals surface area contributed by atoms with Gasteiger partial charge in [-0.15, -0.1) is 0 Å². The SMILES string of the molecule is CCCN(Cc1cccc(OC)c1)C(=O)NCc1ncc[nH]1. The Hall–Kier alpha value is -2.50.